The summed E-state index contributed by atoms with van der Waals surface area (Å²) in [4.78, 5) is 25.9. The Hall–Kier alpha value is -3.46. The Labute approximate surface area is 173 Å². The maximum absolute atomic E-state index is 12.4. The number of carbonyl (C=O) groups excluding carboxylic acids is 2. The minimum Gasteiger partial charge on any atom is -0.491 e. The van der Waals surface area contributed by atoms with Crippen LogP contribution >= 0.6 is 0 Å². The van der Waals surface area contributed by atoms with Gasteiger partial charge in [0.05, 0.1) is 26.0 Å². The molecule has 9 nitrogen and oxygen atoms in total. The van der Waals surface area contributed by atoms with Crippen molar-refractivity contribution < 1.29 is 33.0 Å². The molecule has 0 bridgehead atoms. The molecule has 1 aromatic heterocycles. The van der Waals surface area contributed by atoms with Crippen molar-refractivity contribution in [2.24, 2.45) is 0 Å². The largest absolute Gasteiger partial charge is 0.491 e. The highest BCUT2D eigenvalue weighted by Gasteiger charge is 2.25. The van der Waals surface area contributed by atoms with Gasteiger partial charge in [0.2, 0.25) is 18.6 Å². The lowest BCUT2D eigenvalue weighted by molar-refractivity contribution is -0.140. The summed E-state index contributed by atoms with van der Waals surface area (Å²) in [5.41, 5.74) is 0. The van der Waals surface area contributed by atoms with Crippen molar-refractivity contribution in [3.8, 4) is 17.2 Å². The van der Waals surface area contributed by atoms with E-state index in [9.17, 15) is 9.59 Å². The van der Waals surface area contributed by atoms with E-state index in [1.54, 1.807) is 35.2 Å². The topological polar surface area (TPSA) is 99.5 Å². The van der Waals surface area contributed by atoms with Gasteiger partial charge in [0.25, 0.3) is 0 Å². The summed E-state index contributed by atoms with van der Waals surface area (Å²) in [5.74, 6) is 2.00. The van der Waals surface area contributed by atoms with Crippen molar-refractivity contribution in [2.75, 3.05) is 39.6 Å². The first-order chi connectivity index (χ1) is 14.7. The molecule has 1 fully saturated rings. The number of ether oxygens (including phenoxy) is 4. The van der Waals surface area contributed by atoms with E-state index in [0.717, 1.165) is 0 Å². The van der Waals surface area contributed by atoms with Gasteiger partial charge in [-0.05, 0) is 30.3 Å². The predicted molar refractivity (Wildman–Crippen MR) is 105 cm³/mol. The number of benzene rings is 1. The van der Waals surface area contributed by atoms with Gasteiger partial charge in [0.15, 0.2) is 11.5 Å². The molecule has 30 heavy (non-hydrogen) atoms. The molecule has 1 unspecified atom stereocenters. The molecule has 0 radical (unpaired) electrons. The number of rotatable bonds is 7. The van der Waals surface area contributed by atoms with Crippen molar-refractivity contribution in [3.63, 3.8) is 0 Å². The van der Waals surface area contributed by atoms with Crippen LogP contribution in [0.1, 0.15) is 5.76 Å². The first-order valence-electron chi connectivity index (χ1n) is 9.58. The summed E-state index contributed by atoms with van der Waals surface area (Å²) in [6.07, 6.45) is 4.13. The number of nitrogens with one attached hydrogen (secondary N) is 1. The molecule has 1 saturated heterocycles. The standard InChI is InChI=1S/C21H22N2O7/c24-20(6-4-15-2-1-8-26-15)22-11-21(25)23-7-9-27-17(12-23)13-28-16-3-5-18-19(10-16)30-14-29-18/h1-6,8,10,17H,7,9,11-14H2,(H,22,24)/b6-4-. The van der Waals surface area contributed by atoms with Crippen molar-refractivity contribution in [1.29, 1.82) is 0 Å². The Kier molecular flexibility index (Phi) is 6.19. The maximum Gasteiger partial charge on any atom is 0.244 e. The molecule has 2 aromatic rings. The second kappa shape index (κ2) is 9.36. The minimum absolute atomic E-state index is 0.0862. The van der Waals surface area contributed by atoms with Gasteiger partial charge in [-0.1, -0.05) is 0 Å². The molecule has 1 aromatic carbocycles. The lowest BCUT2D eigenvalue weighted by atomic mass is 10.2. The first-order valence-corrected chi connectivity index (χ1v) is 9.58. The van der Waals surface area contributed by atoms with Gasteiger partial charge in [-0.15, -0.1) is 0 Å². The van der Waals surface area contributed by atoms with E-state index < -0.39 is 0 Å². The van der Waals surface area contributed by atoms with Gasteiger partial charge >= 0.3 is 0 Å². The average molecular weight is 414 g/mol. The highest BCUT2D eigenvalue weighted by Crippen LogP contribution is 2.35. The van der Waals surface area contributed by atoms with Crippen LogP contribution in [0, 0.1) is 0 Å². The van der Waals surface area contributed by atoms with Crippen LogP contribution in [0.2, 0.25) is 0 Å². The van der Waals surface area contributed by atoms with Crippen LogP contribution in [0.15, 0.2) is 47.1 Å². The van der Waals surface area contributed by atoms with Gasteiger partial charge in [0.1, 0.15) is 24.2 Å². The Bertz CT molecular complexity index is 910. The molecule has 2 aliphatic heterocycles. The lowest BCUT2D eigenvalue weighted by Gasteiger charge is -2.32. The molecule has 158 valence electrons. The smallest absolute Gasteiger partial charge is 0.244 e. The number of fused-ring (bicyclic) bond motifs is 1. The van der Waals surface area contributed by atoms with E-state index in [1.165, 1.54) is 18.4 Å². The molecule has 4 rings (SSSR count). The fourth-order valence-corrected chi connectivity index (χ4v) is 3.08. The Morgan fingerprint density at radius 1 is 1.23 bits per heavy atom. The molecule has 1 N–H and O–H groups in total. The van der Waals surface area contributed by atoms with Crippen molar-refractivity contribution >= 4 is 17.9 Å². The fraction of sp³-hybridized carbons (Fsp3) is 0.333. The molecule has 2 amide bonds. The number of hydrogen-bond donors (Lipinski definition) is 1. The molecule has 0 spiro atoms. The zero-order valence-corrected chi connectivity index (χ0v) is 16.2. The van der Waals surface area contributed by atoms with E-state index in [2.05, 4.69) is 5.32 Å². The van der Waals surface area contributed by atoms with Crippen molar-refractivity contribution in [1.82, 2.24) is 10.2 Å². The normalized spacial score (nSPS) is 17.9. The summed E-state index contributed by atoms with van der Waals surface area (Å²) < 4.78 is 27.2. The van der Waals surface area contributed by atoms with Crippen LogP contribution in [0.25, 0.3) is 6.08 Å². The molecular formula is C21H22N2O7. The van der Waals surface area contributed by atoms with Crippen LogP contribution in [0.4, 0.5) is 0 Å². The van der Waals surface area contributed by atoms with Gasteiger partial charge in [0, 0.05) is 18.7 Å². The zero-order valence-electron chi connectivity index (χ0n) is 16.2. The third-order valence-corrected chi connectivity index (χ3v) is 4.63. The van der Waals surface area contributed by atoms with Crippen LogP contribution in [-0.4, -0.2) is 62.5 Å². The third kappa shape index (κ3) is 5.12. The second-order valence-electron chi connectivity index (χ2n) is 6.73. The van der Waals surface area contributed by atoms with Crippen LogP contribution in [0.5, 0.6) is 17.2 Å². The van der Waals surface area contributed by atoms with Gasteiger partial charge < -0.3 is 33.6 Å². The monoisotopic (exact) mass is 414 g/mol. The lowest BCUT2D eigenvalue weighted by Crippen LogP contribution is -2.50. The second-order valence-corrected chi connectivity index (χ2v) is 6.73. The van der Waals surface area contributed by atoms with E-state index in [-0.39, 0.29) is 31.3 Å². The summed E-state index contributed by atoms with van der Waals surface area (Å²) in [6.45, 7) is 1.68. The molecule has 0 saturated carbocycles. The summed E-state index contributed by atoms with van der Waals surface area (Å²) in [6, 6.07) is 8.81. The first kappa shape index (κ1) is 19.8. The number of carbonyl (C=O) groups is 2. The number of hydrogen-bond acceptors (Lipinski definition) is 7. The van der Waals surface area contributed by atoms with E-state index in [0.29, 0.717) is 49.3 Å². The number of morpholine rings is 1. The van der Waals surface area contributed by atoms with Crippen LogP contribution < -0.4 is 19.5 Å². The summed E-state index contributed by atoms with van der Waals surface area (Å²) in [5, 5.41) is 2.58. The Morgan fingerprint density at radius 2 is 2.13 bits per heavy atom. The molecule has 1 atom stereocenters. The highest BCUT2D eigenvalue weighted by atomic mass is 16.7. The molecule has 3 heterocycles. The van der Waals surface area contributed by atoms with E-state index in [4.69, 9.17) is 23.4 Å². The number of nitrogens with zero attached hydrogens (tertiary/aromatic N) is 1. The van der Waals surface area contributed by atoms with Gasteiger partial charge in [-0.3, -0.25) is 9.59 Å². The minimum atomic E-state index is -0.365. The third-order valence-electron chi connectivity index (χ3n) is 4.63. The van der Waals surface area contributed by atoms with E-state index in [1.807, 2.05) is 0 Å². The maximum atomic E-state index is 12.4. The fourth-order valence-electron chi connectivity index (χ4n) is 3.08. The zero-order chi connectivity index (χ0) is 20.8. The summed E-state index contributed by atoms with van der Waals surface area (Å²) in [7, 11) is 0. The SMILES string of the molecule is O=C(/C=C\c1ccco1)NCC(=O)N1CCOC(COc2ccc3c(c2)OCO3)C1. The molecule has 2 aliphatic rings. The van der Waals surface area contributed by atoms with Crippen LogP contribution in [0.3, 0.4) is 0 Å². The quantitative estimate of drug-likeness (QED) is 0.685. The predicted octanol–water partition coefficient (Wildman–Crippen LogP) is 1.44. The Morgan fingerprint density at radius 3 is 3.00 bits per heavy atom. The molecular weight excluding hydrogens is 392 g/mol. The number of furan rings is 1. The molecule has 9 heteroatoms. The number of amides is 2. The van der Waals surface area contributed by atoms with Crippen LogP contribution in [-0.2, 0) is 14.3 Å². The van der Waals surface area contributed by atoms with Crippen molar-refractivity contribution in [2.45, 2.75) is 6.10 Å². The van der Waals surface area contributed by atoms with Crippen molar-refractivity contribution in [3.05, 3.63) is 48.4 Å². The highest BCUT2D eigenvalue weighted by molar-refractivity contribution is 5.94. The van der Waals surface area contributed by atoms with E-state index >= 15 is 0 Å². The average Bonchev–Trinajstić information content (AvgIpc) is 3.46. The Balaban J connectivity index is 1.21. The summed E-state index contributed by atoms with van der Waals surface area (Å²) >= 11 is 0. The van der Waals surface area contributed by atoms with Gasteiger partial charge in [-0.2, -0.15) is 0 Å². The van der Waals surface area contributed by atoms with Gasteiger partial charge in [-0.25, -0.2) is 0 Å². The molecule has 0 aliphatic carbocycles.